The predicted octanol–water partition coefficient (Wildman–Crippen LogP) is 6.04. The summed E-state index contributed by atoms with van der Waals surface area (Å²) in [4.78, 5) is 0. The van der Waals surface area contributed by atoms with Gasteiger partial charge in [0.15, 0.2) is 5.75 Å². The number of halogens is 6. The zero-order valence-electron chi connectivity index (χ0n) is 10.1. The van der Waals surface area contributed by atoms with Gasteiger partial charge in [-0.3, -0.25) is 0 Å². The molecular formula is C13H7Cl3F3NO. The fraction of sp³-hybridized carbons (Fsp3) is 0.0769. The van der Waals surface area contributed by atoms with Gasteiger partial charge in [0.05, 0.1) is 20.6 Å². The molecule has 0 heterocycles. The summed E-state index contributed by atoms with van der Waals surface area (Å²) in [6, 6.07) is 5.87. The maximum atomic E-state index is 12.6. The highest BCUT2D eigenvalue weighted by atomic mass is 35.5. The van der Waals surface area contributed by atoms with Crippen LogP contribution in [0.4, 0.5) is 18.9 Å². The minimum absolute atomic E-state index is 0.113. The second-order valence-corrected chi connectivity index (χ2v) is 5.28. The number of nitrogens with two attached hydrogens (primary N) is 1. The molecule has 0 fully saturated rings. The van der Waals surface area contributed by atoms with E-state index in [-0.39, 0.29) is 26.6 Å². The Labute approximate surface area is 133 Å². The quantitative estimate of drug-likeness (QED) is 0.666. The molecular weight excluding hydrogens is 350 g/mol. The molecule has 0 aliphatic heterocycles. The molecule has 0 saturated carbocycles. The lowest BCUT2D eigenvalue weighted by Crippen LogP contribution is -2.05. The van der Waals surface area contributed by atoms with Gasteiger partial charge in [0, 0.05) is 5.69 Å². The number of nitrogen functional groups attached to an aromatic ring is 1. The monoisotopic (exact) mass is 355 g/mol. The van der Waals surface area contributed by atoms with Crippen LogP contribution in [0.1, 0.15) is 5.56 Å². The van der Waals surface area contributed by atoms with Gasteiger partial charge in [-0.05, 0) is 30.3 Å². The Morgan fingerprint density at radius 2 is 1.48 bits per heavy atom. The van der Waals surface area contributed by atoms with Gasteiger partial charge in [0.1, 0.15) is 5.75 Å². The third-order valence-corrected chi connectivity index (χ3v) is 3.35. The third kappa shape index (κ3) is 3.67. The Kier molecular flexibility index (Phi) is 4.46. The summed E-state index contributed by atoms with van der Waals surface area (Å²) < 4.78 is 43.2. The van der Waals surface area contributed by atoms with Crippen LogP contribution in [0.3, 0.4) is 0 Å². The molecule has 0 bridgehead atoms. The van der Waals surface area contributed by atoms with Crippen molar-refractivity contribution in [3.8, 4) is 11.5 Å². The van der Waals surface area contributed by atoms with E-state index >= 15 is 0 Å². The fourth-order valence-corrected chi connectivity index (χ4v) is 2.32. The first-order valence-corrected chi connectivity index (χ1v) is 6.61. The lowest BCUT2D eigenvalue weighted by molar-refractivity contribution is -0.137. The van der Waals surface area contributed by atoms with E-state index in [0.717, 1.165) is 12.1 Å². The van der Waals surface area contributed by atoms with Crippen LogP contribution in [-0.4, -0.2) is 0 Å². The second kappa shape index (κ2) is 5.83. The smallest absolute Gasteiger partial charge is 0.416 e. The summed E-state index contributed by atoms with van der Waals surface area (Å²) in [7, 11) is 0. The van der Waals surface area contributed by atoms with Crippen molar-refractivity contribution in [2.75, 3.05) is 5.73 Å². The first kappa shape index (κ1) is 16.1. The van der Waals surface area contributed by atoms with E-state index in [9.17, 15) is 13.2 Å². The highest BCUT2D eigenvalue weighted by molar-refractivity contribution is 6.37. The molecule has 0 atom stereocenters. The van der Waals surface area contributed by atoms with Crippen LogP contribution in [-0.2, 0) is 6.18 Å². The Hall–Kier alpha value is -1.30. The molecule has 2 rings (SSSR count). The summed E-state index contributed by atoms with van der Waals surface area (Å²) in [6.45, 7) is 0. The first-order chi connectivity index (χ1) is 9.68. The van der Waals surface area contributed by atoms with Crippen LogP contribution in [0.2, 0.25) is 15.1 Å². The fourth-order valence-electron chi connectivity index (χ4n) is 1.53. The van der Waals surface area contributed by atoms with E-state index < -0.39 is 11.7 Å². The maximum Gasteiger partial charge on any atom is 0.416 e. The summed E-state index contributed by atoms with van der Waals surface area (Å²) in [5.41, 5.74) is 4.98. The predicted molar refractivity (Wildman–Crippen MR) is 77.4 cm³/mol. The highest BCUT2D eigenvalue weighted by Gasteiger charge is 2.32. The minimum atomic E-state index is -4.55. The number of benzene rings is 2. The Balaban J connectivity index is 2.41. The number of hydrogen-bond donors (Lipinski definition) is 1. The molecule has 0 radical (unpaired) electrons. The molecule has 2 nitrogen and oxygen atoms in total. The van der Waals surface area contributed by atoms with Crippen molar-refractivity contribution in [1.29, 1.82) is 0 Å². The molecule has 0 saturated heterocycles. The molecule has 0 spiro atoms. The van der Waals surface area contributed by atoms with Crippen molar-refractivity contribution >= 4 is 40.5 Å². The van der Waals surface area contributed by atoms with Gasteiger partial charge < -0.3 is 10.5 Å². The molecule has 8 heteroatoms. The lowest BCUT2D eigenvalue weighted by Gasteiger charge is -2.14. The molecule has 0 aromatic heterocycles. The molecule has 2 aromatic carbocycles. The molecule has 21 heavy (non-hydrogen) atoms. The topological polar surface area (TPSA) is 35.2 Å². The van der Waals surface area contributed by atoms with Crippen LogP contribution in [0.15, 0.2) is 30.3 Å². The van der Waals surface area contributed by atoms with E-state index in [1.54, 1.807) is 0 Å². The van der Waals surface area contributed by atoms with Crippen molar-refractivity contribution in [2.45, 2.75) is 6.18 Å². The van der Waals surface area contributed by atoms with Gasteiger partial charge >= 0.3 is 6.18 Å². The normalized spacial score (nSPS) is 11.5. The van der Waals surface area contributed by atoms with Crippen LogP contribution < -0.4 is 10.5 Å². The van der Waals surface area contributed by atoms with Crippen LogP contribution in [0, 0.1) is 0 Å². The molecule has 0 amide bonds. The molecule has 0 aliphatic carbocycles. The Morgan fingerprint density at radius 3 is 1.95 bits per heavy atom. The van der Waals surface area contributed by atoms with Crippen molar-refractivity contribution in [3.05, 3.63) is 51.0 Å². The summed E-state index contributed by atoms with van der Waals surface area (Å²) in [5.74, 6) is 0.0624. The second-order valence-electron chi connectivity index (χ2n) is 4.06. The summed E-state index contributed by atoms with van der Waals surface area (Å²) >= 11 is 17.5. The third-order valence-electron chi connectivity index (χ3n) is 2.49. The Morgan fingerprint density at radius 1 is 0.905 bits per heavy atom. The van der Waals surface area contributed by atoms with Gasteiger partial charge in [-0.2, -0.15) is 13.2 Å². The molecule has 112 valence electrons. The zero-order valence-corrected chi connectivity index (χ0v) is 12.4. The van der Waals surface area contributed by atoms with E-state index in [2.05, 4.69) is 0 Å². The van der Waals surface area contributed by atoms with E-state index in [1.165, 1.54) is 18.2 Å². The number of ether oxygens (including phenoxy) is 1. The van der Waals surface area contributed by atoms with Crippen LogP contribution in [0.5, 0.6) is 11.5 Å². The Bertz CT molecular complexity index is 666. The largest absolute Gasteiger partial charge is 0.453 e. The highest BCUT2D eigenvalue weighted by Crippen LogP contribution is 2.42. The maximum absolute atomic E-state index is 12.6. The summed E-state index contributed by atoms with van der Waals surface area (Å²) in [5, 5.41) is -0.368. The van der Waals surface area contributed by atoms with E-state index in [0.29, 0.717) is 5.69 Å². The molecule has 2 N–H and O–H groups in total. The van der Waals surface area contributed by atoms with E-state index in [4.69, 9.17) is 45.3 Å². The van der Waals surface area contributed by atoms with Gasteiger partial charge in [-0.15, -0.1) is 0 Å². The van der Waals surface area contributed by atoms with Crippen molar-refractivity contribution in [1.82, 2.24) is 0 Å². The molecule has 0 unspecified atom stereocenters. The van der Waals surface area contributed by atoms with E-state index in [1.807, 2.05) is 0 Å². The van der Waals surface area contributed by atoms with Crippen molar-refractivity contribution < 1.29 is 17.9 Å². The van der Waals surface area contributed by atoms with Crippen LogP contribution in [0.25, 0.3) is 0 Å². The number of anilines is 1. The van der Waals surface area contributed by atoms with Gasteiger partial charge in [0.2, 0.25) is 0 Å². The first-order valence-electron chi connectivity index (χ1n) is 5.47. The van der Waals surface area contributed by atoms with Crippen LogP contribution >= 0.6 is 34.8 Å². The van der Waals surface area contributed by atoms with Gasteiger partial charge in [0.25, 0.3) is 0 Å². The van der Waals surface area contributed by atoms with Gasteiger partial charge in [-0.25, -0.2) is 0 Å². The average molecular weight is 357 g/mol. The average Bonchev–Trinajstić information content (AvgIpc) is 2.34. The lowest BCUT2D eigenvalue weighted by atomic mass is 10.2. The number of rotatable bonds is 2. The number of hydrogen-bond acceptors (Lipinski definition) is 2. The SMILES string of the molecule is Nc1ccc(Oc2c(Cl)cc(C(F)(F)F)cc2Cl)c(Cl)c1. The summed E-state index contributed by atoms with van der Waals surface area (Å²) in [6.07, 6.45) is -4.55. The number of alkyl halides is 3. The molecule has 2 aromatic rings. The molecule has 0 aliphatic rings. The van der Waals surface area contributed by atoms with Crippen molar-refractivity contribution in [3.63, 3.8) is 0 Å². The van der Waals surface area contributed by atoms with Crippen molar-refractivity contribution in [2.24, 2.45) is 0 Å². The minimum Gasteiger partial charge on any atom is -0.453 e. The standard InChI is InChI=1S/C13H7Cl3F3NO/c14-8-5-7(20)1-2-11(8)21-12-9(15)3-6(4-10(12)16)13(17,18)19/h1-5H,20H2. The van der Waals surface area contributed by atoms with Gasteiger partial charge in [-0.1, -0.05) is 34.8 Å². The zero-order chi connectivity index (χ0) is 15.8.